The predicted octanol–water partition coefficient (Wildman–Crippen LogP) is -0.499. The van der Waals surface area contributed by atoms with Crippen LogP contribution in [0.1, 0.15) is 20.3 Å². The Bertz CT molecular complexity index is 245. The maximum Gasteiger partial charge on any atom is 0.234 e. The predicted molar refractivity (Wildman–Crippen MR) is 70.2 cm³/mol. The van der Waals surface area contributed by atoms with Gasteiger partial charge in [0.15, 0.2) is 0 Å². The highest BCUT2D eigenvalue weighted by atomic mass is 16.5. The summed E-state index contributed by atoms with van der Waals surface area (Å²) in [6.45, 7) is 6.51. The lowest BCUT2D eigenvalue weighted by Gasteiger charge is -2.08. The van der Waals surface area contributed by atoms with Crippen molar-refractivity contribution in [2.45, 2.75) is 20.3 Å². The van der Waals surface area contributed by atoms with Crippen LogP contribution in [0.2, 0.25) is 0 Å². The van der Waals surface area contributed by atoms with Crippen LogP contribution in [-0.4, -0.2) is 51.7 Å². The minimum atomic E-state index is -0.0883. The molecule has 0 rings (SSSR count). The minimum absolute atomic E-state index is 0.0102. The number of methoxy groups -OCH3 is 1. The van der Waals surface area contributed by atoms with Gasteiger partial charge in [0.05, 0.1) is 13.2 Å². The largest absolute Gasteiger partial charge is 0.383 e. The van der Waals surface area contributed by atoms with Gasteiger partial charge in [-0.25, -0.2) is 0 Å². The molecule has 0 aromatic carbocycles. The van der Waals surface area contributed by atoms with Crippen molar-refractivity contribution in [3.05, 3.63) is 0 Å². The second kappa shape index (κ2) is 11.0. The smallest absolute Gasteiger partial charge is 0.234 e. The number of hydrogen-bond donors (Lipinski definition) is 3. The third-order valence-corrected chi connectivity index (χ3v) is 2.15. The summed E-state index contributed by atoms with van der Waals surface area (Å²) in [5.41, 5.74) is 0. The van der Waals surface area contributed by atoms with Crippen LogP contribution >= 0.6 is 0 Å². The summed E-state index contributed by atoms with van der Waals surface area (Å²) in [7, 11) is 1.58. The number of rotatable bonds is 10. The number of carbonyl (C=O) groups excluding carboxylic acids is 2. The Morgan fingerprint density at radius 1 is 1.11 bits per heavy atom. The molecule has 0 bridgehead atoms. The molecule has 0 heterocycles. The average Bonchev–Trinajstić information content (AvgIpc) is 2.32. The van der Waals surface area contributed by atoms with E-state index in [2.05, 4.69) is 16.0 Å². The van der Waals surface area contributed by atoms with Crippen LogP contribution in [0.3, 0.4) is 0 Å². The van der Waals surface area contributed by atoms with Gasteiger partial charge in [-0.1, -0.05) is 13.8 Å². The van der Waals surface area contributed by atoms with E-state index in [0.717, 1.165) is 0 Å². The SMILES string of the molecule is COCCNC(=O)CNCCC(=O)NCC(C)C. The van der Waals surface area contributed by atoms with E-state index in [1.165, 1.54) is 0 Å². The van der Waals surface area contributed by atoms with Crippen molar-refractivity contribution < 1.29 is 14.3 Å². The van der Waals surface area contributed by atoms with Crippen LogP contribution in [0.5, 0.6) is 0 Å². The maximum absolute atomic E-state index is 11.3. The topological polar surface area (TPSA) is 79.5 Å². The Hall–Kier alpha value is -1.14. The van der Waals surface area contributed by atoms with Crippen molar-refractivity contribution >= 4 is 11.8 Å². The number of hydrogen-bond acceptors (Lipinski definition) is 4. The molecule has 18 heavy (non-hydrogen) atoms. The molecule has 0 saturated heterocycles. The van der Waals surface area contributed by atoms with Crippen molar-refractivity contribution in [2.24, 2.45) is 5.92 Å². The van der Waals surface area contributed by atoms with Gasteiger partial charge in [0.1, 0.15) is 0 Å². The highest BCUT2D eigenvalue weighted by Crippen LogP contribution is 1.87. The van der Waals surface area contributed by atoms with Crippen molar-refractivity contribution in [3.63, 3.8) is 0 Å². The molecule has 6 heteroatoms. The molecule has 0 spiro atoms. The molecule has 2 amide bonds. The molecule has 0 aromatic heterocycles. The van der Waals surface area contributed by atoms with Crippen molar-refractivity contribution in [2.75, 3.05) is 39.9 Å². The van der Waals surface area contributed by atoms with Crippen LogP contribution in [0.25, 0.3) is 0 Å². The summed E-state index contributed by atoms with van der Waals surface area (Å²) in [6, 6.07) is 0. The second-order valence-electron chi connectivity index (χ2n) is 4.47. The van der Waals surface area contributed by atoms with Crippen LogP contribution in [-0.2, 0) is 14.3 Å². The van der Waals surface area contributed by atoms with Crippen LogP contribution in [0.4, 0.5) is 0 Å². The second-order valence-corrected chi connectivity index (χ2v) is 4.47. The fourth-order valence-corrected chi connectivity index (χ4v) is 1.17. The summed E-state index contributed by atoms with van der Waals surface area (Å²) in [4.78, 5) is 22.6. The van der Waals surface area contributed by atoms with Gasteiger partial charge in [-0.2, -0.15) is 0 Å². The van der Waals surface area contributed by atoms with E-state index < -0.39 is 0 Å². The zero-order valence-electron chi connectivity index (χ0n) is 11.5. The van der Waals surface area contributed by atoms with Gasteiger partial charge >= 0.3 is 0 Å². The lowest BCUT2D eigenvalue weighted by molar-refractivity contribution is -0.122. The lowest BCUT2D eigenvalue weighted by atomic mass is 10.2. The van der Waals surface area contributed by atoms with E-state index in [1.807, 2.05) is 13.8 Å². The lowest BCUT2D eigenvalue weighted by Crippen LogP contribution is -2.37. The maximum atomic E-state index is 11.3. The summed E-state index contributed by atoms with van der Waals surface area (Å²) in [5, 5.41) is 8.42. The highest BCUT2D eigenvalue weighted by Gasteiger charge is 2.03. The molecule has 3 N–H and O–H groups in total. The first-order valence-corrected chi connectivity index (χ1v) is 6.29. The normalized spacial score (nSPS) is 10.4. The number of carbonyl (C=O) groups is 2. The minimum Gasteiger partial charge on any atom is -0.383 e. The van der Waals surface area contributed by atoms with E-state index in [0.29, 0.717) is 38.6 Å². The first kappa shape index (κ1) is 16.9. The number of nitrogens with one attached hydrogen (secondary N) is 3. The fourth-order valence-electron chi connectivity index (χ4n) is 1.17. The van der Waals surface area contributed by atoms with Gasteiger partial charge in [0.25, 0.3) is 0 Å². The Kier molecular flexibility index (Phi) is 10.3. The van der Waals surface area contributed by atoms with Crippen LogP contribution < -0.4 is 16.0 Å². The molecule has 0 fully saturated rings. The Morgan fingerprint density at radius 2 is 1.83 bits per heavy atom. The van der Waals surface area contributed by atoms with E-state index in [9.17, 15) is 9.59 Å². The molecule has 0 atom stereocenters. The summed E-state index contributed by atoms with van der Waals surface area (Å²) in [6.07, 6.45) is 0.387. The van der Waals surface area contributed by atoms with Crippen LogP contribution in [0, 0.1) is 5.92 Å². The highest BCUT2D eigenvalue weighted by molar-refractivity contribution is 5.78. The van der Waals surface area contributed by atoms with Crippen molar-refractivity contribution in [3.8, 4) is 0 Å². The van der Waals surface area contributed by atoms with Gasteiger partial charge in [0, 0.05) is 33.2 Å². The molecular weight excluding hydrogens is 234 g/mol. The Morgan fingerprint density at radius 3 is 2.44 bits per heavy atom. The number of ether oxygens (including phenoxy) is 1. The van der Waals surface area contributed by atoms with Gasteiger partial charge in [-0.05, 0) is 5.92 Å². The molecule has 0 aliphatic heterocycles. The van der Waals surface area contributed by atoms with E-state index in [4.69, 9.17) is 4.74 Å². The molecule has 0 unspecified atom stereocenters. The van der Waals surface area contributed by atoms with E-state index in [1.54, 1.807) is 7.11 Å². The van der Waals surface area contributed by atoms with Gasteiger partial charge < -0.3 is 20.7 Å². The molecule has 0 aliphatic carbocycles. The molecule has 6 nitrogen and oxygen atoms in total. The molecular formula is C12H25N3O3. The zero-order chi connectivity index (χ0) is 13.8. The van der Waals surface area contributed by atoms with E-state index in [-0.39, 0.29) is 18.4 Å². The van der Waals surface area contributed by atoms with Crippen LogP contribution in [0.15, 0.2) is 0 Å². The molecule has 0 aromatic rings. The summed E-state index contributed by atoms with van der Waals surface area (Å²) >= 11 is 0. The van der Waals surface area contributed by atoms with Crippen molar-refractivity contribution in [1.82, 2.24) is 16.0 Å². The monoisotopic (exact) mass is 259 g/mol. The molecule has 106 valence electrons. The third kappa shape index (κ3) is 11.3. The van der Waals surface area contributed by atoms with Gasteiger partial charge in [-0.3, -0.25) is 9.59 Å². The average molecular weight is 259 g/mol. The van der Waals surface area contributed by atoms with Gasteiger partial charge in [0.2, 0.25) is 11.8 Å². The Balaban J connectivity index is 3.38. The first-order valence-electron chi connectivity index (χ1n) is 6.29. The summed E-state index contributed by atoms with van der Waals surface area (Å²) in [5.74, 6) is 0.374. The standard InChI is InChI=1S/C12H25N3O3/c1-10(2)8-15-11(16)4-5-13-9-12(17)14-6-7-18-3/h10,13H,4-9H2,1-3H3,(H,14,17)(H,15,16). The first-order chi connectivity index (χ1) is 8.56. The fraction of sp³-hybridized carbons (Fsp3) is 0.833. The Labute approximate surface area is 109 Å². The molecule has 0 radical (unpaired) electrons. The quantitative estimate of drug-likeness (QED) is 0.462. The zero-order valence-corrected chi connectivity index (χ0v) is 11.5. The number of amides is 2. The van der Waals surface area contributed by atoms with Crippen molar-refractivity contribution in [1.29, 1.82) is 0 Å². The summed E-state index contributed by atoms with van der Waals surface area (Å²) < 4.78 is 4.81. The molecule has 0 saturated carbocycles. The van der Waals surface area contributed by atoms with Gasteiger partial charge in [-0.15, -0.1) is 0 Å². The molecule has 0 aliphatic rings. The third-order valence-electron chi connectivity index (χ3n) is 2.15. The van der Waals surface area contributed by atoms with E-state index >= 15 is 0 Å².